The molecule has 0 radical (unpaired) electrons. The van der Waals surface area contributed by atoms with Crippen LogP contribution in [-0.4, -0.2) is 29.4 Å². The molecule has 15 heavy (non-hydrogen) atoms. The normalized spacial score (nSPS) is 20.3. The average molecular weight is 207 g/mol. The first-order valence-corrected chi connectivity index (χ1v) is 5.30. The smallest absolute Gasteiger partial charge is 0.303 e. The molecule has 2 amide bonds. The zero-order valence-corrected chi connectivity index (χ0v) is 9.05. The molecule has 1 saturated heterocycles. The van der Waals surface area contributed by atoms with E-state index in [-0.39, 0.29) is 24.5 Å². The van der Waals surface area contributed by atoms with Gasteiger partial charge < -0.3 is 4.90 Å². The molecule has 0 aliphatic carbocycles. The van der Waals surface area contributed by atoms with Crippen LogP contribution in [-0.2, 0) is 0 Å². The van der Waals surface area contributed by atoms with E-state index in [1.165, 1.54) is 0 Å². The number of unbranched alkanes of at least 4 members (excludes halogenated alkanes) is 2. The molecule has 1 fully saturated rings. The lowest BCUT2D eigenvalue weighted by atomic mass is 10.1. The molecule has 2 N–H and O–H groups in total. The van der Waals surface area contributed by atoms with Crippen LogP contribution in [0.3, 0.4) is 0 Å². The van der Waals surface area contributed by atoms with Gasteiger partial charge in [-0.15, -0.1) is 6.42 Å². The van der Waals surface area contributed by atoms with Crippen molar-refractivity contribution in [2.75, 3.05) is 6.54 Å². The van der Waals surface area contributed by atoms with Gasteiger partial charge in [-0.1, -0.05) is 32.1 Å². The van der Waals surface area contributed by atoms with Gasteiger partial charge in [0.05, 0.1) is 12.6 Å². The summed E-state index contributed by atoms with van der Waals surface area (Å²) in [5, 5.41) is 10.1. The number of amidine groups is 1. The van der Waals surface area contributed by atoms with Gasteiger partial charge in [-0.25, -0.2) is 4.79 Å². The molecular formula is C11H17N3O. The summed E-state index contributed by atoms with van der Waals surface area (Å²) >= 11 is 0. The van der Waals surface area contributed by atoms with Gasteiger partial charge in [0, 0.05) is 0 Å². The molecule has 1 rings (SSSR count). The van der Waals surface area contributed by atoms with Crippen LogP contribution in [0.2, 0.25) is 0 Å². The second-order valence-corrected chi connectivity index (χ2v) is 3.69. The summed E-state index contributed by atoms with van der Waals surface area (Å²) in [6, 6.07) is -0.375. The zero-order valence-electron chi connectivity index (χ0n) is 9.05. The maximum Gasteiger partial charge on any atom is 0.324 e. The van der Waals surface area contributed by atoms with Crippen molar-refractivity contribution in [3.05, 3.63) is 0 Å². The Morgan fingerprint density at radius 3 is 2.93 bits per heavy atom. The van der Waals surface area contributed by atoms with Gasteiger partial charge in [0.25, 0.3) is 0 Å². The van der Waals surface area contributed by atoms with Crippen LogP contribution in [0.15, 0.2) is 0 Å². The SMILES string of the molecule is C#CCN1C(=O)NC(=N)C1CCCCC. The van der Waals surface area contributed by atoms with Gasteiger partial charge in [0.2, 0.25) is 0 Å². The Balaban J connectivity index is 2.54. The highest BCUT2D eigenvalue weighted by molar-refractivity contribution is 6.05. The highest BCUT2D eigenvalue weighted by atomic mass is 16.2. The first-order chi connectivity index (χ1) is 7.20. The third-order valence-electron chi connectivity index (χ3n) is 2.55. The summed E-state index contributed by atoms with van der Waals surface area (Å²) in [6.07, 6.45) is 9.31. The third kappa shape index (κ3) is 2.72. The Kier molecular flexibility index (Phi) is 4.17. The number of urea groups is 1. The van der Waals surface area contributed by atoms with E-state index in [1.807, 2.05) is 0 Å². The molecular weight excluding hydrogens is 190 g/mol. The minimum absolute atomic E-state index is 0.139. The predicted octanol–water partition coefficient (Wildman–Crippen LogP) is 1.57. The van der Waals surface area contributed by atoms with Crippen molar-refractivity contribution in [1.29, 1.82) is 5.41 Å². The van der Waals surface area contributed by atoms with Gasteiger partial charge in [0.15, 0.2) is 0 Å². The second-order valence-electron chi connectivity index (χ2n) is 3.69. The number of nitrogens with one attached hydrogen (secondary N) is 2. The summed E-state index contributed by atoms with van der Waals surface area (Å²) in [4.78, 5) is 12.9. The molecule has 0 aromatic heterocycles. The van der Waals surface area contributed by atoms with Crippen LogP contribution in [0, 0.1) is 17.8 Å². The highest BCUT2D eigenvalue weighted by Gasteiger charge is 2.34. The van der Waals surface area contributed by atoms with Gasteiger partial charge in [-0.2, -0.15) is 0 Å². The molecule has 0 bridgehead atoms. The van der Waals surface area contributed by atoms with E-state index in [1.54, 1.807) is 4.90 Å². The number of hydrogen-bond donors (Lipinski definition) is 2. The maximum atomic E-state index is 11.4. The van der Waals surface area contributed by atoms with E-state index in [0.717, 1.165) is 25.7 Å². The summed E-state index contributed by atoms with van der Waals surface area (Å²) < 4.78 is 0. The van der Waals surface area contributed by atoms with Crippen LogP contribution in [0.4, 0.5) is 4.79 Å². The molecule has 4 nitrogen and oxygen atoms in total. The summed E-state index contributed by atoms with van der Waals surface area (Å²) in [6.45, 7) is 2.41. The van der Waals surface area contributed by atoms with Crippen molar-refractivity contribution in [1.82, 2.24) is 10.2 Å². The van der Waals surface area contributed by atoms with E-state index in [4.69, 9.17) is 11.8 Å². The van der Waals surface area contributed by atoms with Gasteiger partial charge in [-0.3, -0.25) is 10.7 Å². The number of carbonyl (C=O) groups is 1. The van der Waals surface area contributed by atoms with Crippen LogP contribution >= 0.6 is 0 Å². The number of rotatable bonds is 5. The van der Waals surface area contributed by atoms with Crippen LogP contribution in [0.1, 0.15) is 32.6 Å². The monoisotopic (exact) mass is 207 g/mol. The summed E-state index contributed by atoms with van der Waals surface area (Å²) in [5.41, 5.74) is 0. The Hall–Kier alpha value is -1.50. The molecule has 4 heteroatoms. The van der Waals surface area contributed by atoms with Crippen LogP contribution in [0.25, 0.3) is 0 Å². The largest absolute Gasteiger partial charge is 0.324 e. The van der Waals surface area contributed by atoms with Crippen molar-refractivity contribution < 1.29 is 4.79 Å². The Morgan fingerprint density at radius 2 is 2.33 bits per heavy atom. The van der Waals surface area contributed by atoms with Gasteiger partial charge in [0.1, 0.15) is 5.84 Å². The third-order valence-corrected chi connectivity index (χ3v) is 2.55. The molecule has 0 spiro atoms. The Morgan fingerprint density at radius 1 is 1.60 bits per heavy atom. The molecule has 1 heterocycles. The Bertz CT molecular complexity index is 293. The fraction of sp³-hybridized carbons (Fsp3) is 0.636. The van der Waals surface area contributed by atoms with E-state index in [0.29, 0.717) is 0 Å². The molecule has 1 atom stereocenters. The highest BCUT2D eigenvalue weighted by Crippen LogP contribution is 2.15. The number of nitrogens with zero attached hydrogens (tertiary/aromatic N) is 1. The summed E-state index contributed by atoms with van der Waals surface area (Å²) in [5.74, 6) is 2.73. The van der Waals surface area contributed by atoms with Crippen molar-refractivity contribution in [3.8, 4) is 12.3 Å². The molecule has 0 aromatic rings. The molecule has 1 unspecified atom stereocenters. The van der Waals surface area contributed by atoms with Crippen LogP contribution < -0.4 is 5.32 Å². The van der Waals surface area contributed by atoms with E-state index in [9.17, 15) is 4.79 Å². The second kappa shape index (κ2) is 5.40. The van der Waals surface area contributed by atoms with E-state index in [2.05, 4.69) is 18.2 Å². The lowest BCUT2D eigenvalue weighted by molar-refractivity contribution is 0.210. The minimum atomic E-state index is -0.237. The van der Waals surface area contributed by atoms with Crippen molar-refractivity contribution in [3.63, 3.8) is 0 Å². The lowest BCUT2D eigenvalue weighted by Gasteiger charge is -2.19. The van der Waals surface area contributed by atoms with E-state index < -0.39 is 0 Å². The first-order valence-electron chi connectivity index (χ1n) is 5.30. The predicted molar refractivity (Wildman–Crippen MR) is 59.7 cm³/mol. The molecule has 1 aliphatic rings. The van der Waals surface area contributed by atoms with Gasteiger partial charge >= 0.3 is 6.03 Å². The molecule has 82 valence electrons. The standard InChI is InChI=1S/C11H17N3O/c1-3-5-6-7-9-10(12)13-11(15)14(9)8-4-2/h2,9H,3,5-8H2,1H3,(H2,12,13,15). The first kappa shape index (κ1) is 11.6. The molecule has 0 aromatic carbocycles. The number of amides is 2. The summed E-state index contributed by atoms with van der Waals surface area (Å²) in [7, 11) is 0. The van der Waals surface area contributed by atoms with Crippen molar-refractivity contribution in [2.45, 2.75) is 38.6 Å². The maximum absolute atomic E-state index is 11.4. The number of terminal acetylenes is 1. The number of hydrogen-bond acceptors (Lipinski definition) is 2. The minimum Gasteiger partial charge on any atom is -0.303 e. The lowest BCUT2D eigenvalue weighted by Crippen LogP contribution is -2.35. The van der Waals surface area contributed by atoms with Crippen molar-refractivity contribution in [2.24, 2.45) is 0 Å². The van der Waals surface area contributed by atoms with Gasteiger partial charge in [-0.05, 0) is 6.42 Å². The van der Waals surface area contributed by atoms with Crippen LogP contribution in [0.5, 0.6) is 0 Å². The fourth-order valence-electron chi connectivity index (χ4n) is 1.74. The fourth-order valence-corrected chi connectivity index (χ4v) is 1.74. The quantitative estimate of drug-likeness (QED) is 0.522. The average Bonchev–Trinajstić information content (AvgIpc) is 2.45. The zero-order chi connectivity index (χ0) is 11.3. The topological polar surface area (TPSA) is 56.2 Å². The van der Waals surface area contributed by atoms with Crippen molar-refractivity contribution >= 4 is 11.9 Å². The number of carbonyl (C=O) groups excluding carboxylic acids is 1. The molecule has 0 saturated carbocycles. The van der Waals surface area contributed by atoms with E-state index >= 15 is 0 Å². The Labute approximate surface area is 90.5 Å². The molecule has 1 aliphatic heterocycles.